The SMILES string of the molecule is [2H]c1c([2H])c([2H])c(Cc2c3c([2H])c([2H])c([2H])c([2H])c3c(-c3cccc(-c4ccc5c(c4)oc4ccc(-c6ccccc6)cc45)c3)c3c([2H])c([2H])c([2H])c([2H])c23)c([2H])c1[2H]. The number of hydrogen-bond acceptors (Lipinski definition) is 1. The molecule has 46 heavy (non-hydrogen) atoms. The van der Waals surface area contributed by atoms with Crippen LogP contribution in [-0.2, 0) is 6.42 Å². The number of furan rings is 1. The van der Waals surface area contributed by atoms with Gasteiger partial charge in [-0.25, -0.2) is 0 Å². The summed E-state index contributed by atoms with van der Waals surface area (Å²) in [7, 11) is 0. The highest BCUT2D eigenvalue weighted by Crippen LogP contribution is 2.42. The second kappa shape index (κ2) is 10.9. The van der Waals surface area contributed by atoms with E-state index in [4.69, 9.17) is 16.8 Å². The molecule has 0 saturated carbocycles. The van der Waals surface area contributed by atoms with Crippen molar-refractivity contribution >= 4 is 43.5 Å². The molecule has 0 N–H and O–H groups in total. The lowest BCUT2D eigenvalue weighted by Crippen LogP contribution is -1.95. The van der Waals surface area contributed by atoms with Crippen LogP contribution in [0.5, 0.6) is 0 Å². The van der Waals surface area contributed by atoms with Gasteiger partial charge in [-0.2, -0.15) is 0 Å². The van der Waals surface area contributed by atoms with Gasteiger partial charge < -0.3 is 4.42 Å². The van der Waals surface area contributed by atoms with Crippen molar-refractivity contribution in [2.45, 2.75) is 6.42 Å². The van der Waals surface area contributed by atoms with Crippen LogP contribution in [0.25, 0.3) is 76.9 Å². The Morgan fingerprint density at radius 1 is 0.413 bits per heavy atom. The molecule has 1 nitrogen and oxygen atoms in total. The quantitative estimate of drug-likeness (QED) is 0.179. The maximum atomic E-state index is 9.25. The highest BCUT2D eigenvalue weighted by molar-refractivity contribution is 6.15. The fourth-order valence-corrected chi connectivity index (χ4v) is 6.33. The summed E-state index contributed by atoms with van der Waals surface area (Å²) in [6.07, 6.45) is -0.488. The van der Waals surface area contributed by atoms with Crippen LogP contribution in [0.3, 0.4) is 0 Å². The van der Waals surface area contributed by atoms with Gasteiger partial charge in [0.15, 0.2) is 0 Å². The summed E-state index contributed by atoms with van der Waals surface area (Å²) >= 11 is 0. The Morgan fingerprint density at radius 2 is 1.02 bits per heavy atom. The van der Waals surface area contributed by atoms with Gasteiger partial charge in [0, 0.05) is 10.8 Å². The van der Waals surface area contributed by atoms with Gasteiger partial charge in [0.05, 0.1) is 17.8 Å². The summed E-state index contributed by atoms with van der Waals surface area (Å²) in [6, 6.07) is 21.9. The van der Waals surface area contributed by atoms with Gasteiger partial charge in [-0.1, -0.05) is 139 Å². The second-order valence-electron chi connectivity index (χ2n) is 11.1. The van der Waals surface area contributed by atoms with Gasteiger partial charge in [-0.15, -0.1) is 0 Å². The number of hydrogen-bond donors (Lipinski definition) is 0. The third-order valence-electron chi connectivity index (χ3n) is 8.45. The molecule has 0 aliphatic rings. The van der Waals surface area contributed by atoms with Gasteiger partial charge in [0.2, 0.25) is 0 Å². The van der Waals surface area contributed by atoms with E-state index in [9.17, 15) is 5.48 Å². The van der Waals surface area contributed by atoms with E-state index < -0.39 is 85.0 Å². The van der Waals surface area contributed by atoms with E-state index in [-0.39, 0.29) is 38.2 Å². The smallest absolute Gasteiger partial charge is 0.136 e. The minimum atomic E-state index is -0.616. The summed E-state index contributed by atoms with van der Waals surface area (Å²) in [5.74, 6) is 0. The van der Waals surface area contributed by atoms with E-state index in [1.807, 2.05) is 66.7 Å². The molecular weight excluding hydrogens is 556 g/mol. The standard InChI is InChI=1S/C45H30O/c1-3-12-30(13-4-1)26-41-36-18-7-9-20-39(36)45(40-21-10-8-19-37(40)41)35-17-11-16-32(27-35)34-22-24-38-42-28-33(31-14-5-2-6-15-31)23-25-43(42)46-44(38)29-34/h1-25,27-29H,26H2/i1D,3D,4D,7D,8D,9D,10D,12D,13D,18D,19D,20D,21D. The van der Waals surface area contributed by atoms with Gasteiger partial charge in [-0.05, 0) is 103 Å². The normalized spacial score (nSPS) is 15.5. The van der Waals surface area contributed by atoms with E-state index in [1.165, 1.54) is 0 Å². The van der Waals surface area contributed by atoms with Crippen molar-refractivity contribution in [3.8, 4) is 33.4 Å². The summed E-state index contributed by atoms with van der Waals surface area (Å²) in [6.45, 7) is 0. The lowest BCUT2D eigenvalue weighted by Gasteiger charge is -2.18. The lowest BCUT2D eigenvalue weighted by atomic mass is 9.86. The van der Waals surface area contributed by atoms with Crippen LogP contribution in [0, 0.1) is 0 Å². The van der Waals surface area contributed by atoms with E-state index in [0.717, 1.165) is 33.0 Å². The Hall–Kier alpha value is -5.92. The fourth-order valence-electron chi connectivity index (χ4n) is 6.33. The monoisotopic (exact) mass is 599 g/mol. The van der Waals surface area contributed by atoms with Crippen LogP contribution >= 0.6 is 0 Å². The minimum absolute atomic E-state index is 0.0156. The van der Waals surface area contributed by atoms with Crippen LogP contribution in [0.4, 0.5) is 0 Å². The van der Waals surface area contributed by atoms with Gasteiger partial charge in [0.1, 0.15) is 11.2 Å². The second-order valence-corrected chi connectivity index (χ2v) is 11.1. The highest BCUT2D eigenvalue weighted by atomic mass is 16.3. The summed E-state index contributed by atoms with van der Waals surface area (Å²) in [5.41, 5.74) is 5.28. The Labute approximate surface area is 286 Å². The molecule has 0 unspecified atom stereocenters. The highest BCUT2D eigenvalue weighted by Gasteiger charge is 2.16. The zero-order chi connectivity index (χ0) is 41.8. The molecule has 9 aromatic rings. The largest absolute Gasteiger partial charge is 0.456 e. The molecular formula is C45H30O. The molecule has 0 atom stereocenters. The molecule has 0 radical (unpaired) electrons. The molecule has 1 aromatic heterocycles. The van der Waals surface area contributed by atoms with Crippen molar-refractivity contribution in [1.29, 1.82) is 0 Å². The maximum Gasteiger partial charge on any atom is 0.136 e. The van der Waals surface area contributed by atoms with Crippen LogP contribution in [-0.4, -0.2) is 0 Å². The summed E-state index contributed by atoms with van der Waals surface area (Å²) in [5, 5.41) is 1.63. The number of fused-ring (bicyclic) bond motifs is 5. The zero-order valence-corrected chi connectivity index (χ0v) is 24.3. The molecule has 0 spiro atoms. The van der Waals surface area contributed by atoms with Crippen molar-refractivity contribution in [2.24, 2.45) is 0 Å². The Bertz CT molecular complexity index is 3170. The molecule has 0 amide bonds. The molecule has 1 heterocycles. The van der Waals surface area contributed by atoms with Crippen LogP contribution in [0.2, 0.25) is 0 Å². The molecule has 0 fully saturated rings. The molecule has 9 rings (SSSR count). The molecule has 0 bridgehead atoms. The predicted octanol–water partition coefficient (Wildman–Crippen LogP) is 12.5. The van der Waals surface area contributed by atoms with E-state index in [0.29, 0.717) is 16.7 Å². The van der Waals surface area contributed by atoms with Crippen LogP contribution < -0.4 is 0 Å². The van der Waals surface area contributed by atoms with Gasteiger partial charge in [0.25, 0.3) is 0 Å². The first-order chi connectivity index (χ1) is 28.2. The molecule has 0 saturated heterocycles. The minimum Gasteiger partial charge on any atom is -0.456 e. The predicted molar refractivity (Wildman–Crippen MR) is 194 cm³/mol. The van der Waals surface area contributed by atoms with Crippen LogP contribution in [0.1, 0.15) is 28.9 Å². The van der Waals surface area contributed by atoms with E-state index >= 15 is 0 Å². The van der Waals surface area contributed by atoms with Crippen molar-refractivity contribution in [3.63, 3.8) is 0 Å². The molecule has 0 aliphatic carbocycles. The van der Waals surface area contributed by atoms with Crippen molar-refractivity contribution in [3.05, 3.63) is 181 Å². The van der Waals surface area contributed by atoms with E-state index in [1.54, 1.807) is 18.2 Å². The molecule has 1 heteroatoms. The van der Waals surface area contributed by atoms with Crippen LogP contribution in [0.15, 0.2) is 174 Å². The first kappa shape index (κ1) is 16.4. The van der Waals surface area contributed by atoms with Gasteiger partial charge >= 0.3 is 0 Å². The van der Waals surface area contributed by atoms with Gasteiger partial charge in [-0.3, -0.25) is 0 Å². The van der Waals surface area contributed by atoms with Crippen molar-refractivity contribution < 1.29 is 22.2 Å². The topological polar surface area (TPSA) is 13.1 Å². The zero-order valence-electron chi connectivity index (χ0n) is 37.3. The molecule has 0 aliphatic heterocycles. The average Bonchev–Trinajstić information content (AvgIpc) is 3.63. The Morgan fingerprint density at radius 3 is 1.78 bits per heavy atom. The Kier molecular flexibility index (Phi) is 3.89. The fraction of sp³-hybridized carbons (Fsp3) is 0.0222. The third-order valence-corrected chi connectivity index (χ3v) is 8.45. The summed E-state index contributed by atoms with van der Waals surface area (Å²) in [4.78, 5) is 0. The third kappa shape index (κ3) is 4.48. The molecule has 8 aromatic carbocycles. The van der Waals surface area contributed by atoms with Crippen molar-refractivity contribution in [2.75, 3.05) is 0 Å². The molecule has 216 valence electrons. The maximum absolute atomic E-state index is 9.25. The van der Waals surface area contributed by atoms with E-state index in [2.05, 4.69) is 6.07 Å². The number of benzene rings is 8. The first-order valence-corrected chi connectivity index (χ1v) is 14.8. The Balaban J connectivity index is 1.32. The summed E-state index contributed by atoms with van der Waals surface area (Å²) < 4.78 is 120. The first-order valence-electron chi connectivity index (χ1n) is 21.3. The van der Waals surface area contributed by atoms with Crippen molar-refractivity contribution in [1.82, 2.24) is 0 Å². The number of rotatable bonds is 5. The average molecular weight is 600 g/mol. The lowest BCUT2D eigenvalue weighted by molar-refractivity contribution is 0.669.